The van der Waals surface area contributed by atoms with E-state index in [0.29, 0.717) is 5.41 Å². The number of hydrogen-bond acceptors (Lipinski definition) is 3. The summed E-state index contributed by atoms with van der Waals surface area (Å²) in [6, 6.07) is 0. The second-order valence-electron chi connectivity index (χ2n) is 6.30. The van der Waals surface area contributed by atoms with Crippen LogP contribution < -0.4 is 5.32 Å². The van der Waals surface area contributed by atoms with Gasteiger partial charge in [-0.3, -0.25) is 0 Å². The Bertz CT molecular complexity index is 231. The van der Waals surface area contributed by atoms with E-state index in [9.17, 15) is 0 Å². The molecule has 0 aliphatic heterocycles. The van der Waals surface area contributed by atoms with Crippen molar-refractivity contribution < 1.29 is 4.74 Å². The van der Waals surface area contributed by atoms with E-state index < -0.39 is 0 Å². The van der Waals surface area contributed by atoms with Gasteiger partial charge < -0.3 is 15.0 Å². The molecule has 0 aromatic rings. The summed E-state index contributed by atoms with van der Waals surface area (Å²) in [5.41, 5.74) is 0.481. The van der Waals surface area contributed by atoms with Gasteiger partial charge in [-0.15, -0.1) is 0 Å². The first kappa shape index (κ1) is 16.9. The standard InChI is InChI=1S/C16H34N2O/c1-5-18(10-11-19-6-2)14-16(13-17-4)9-7-8-15(3)12-16/h15,17H,5-14H2,1-4H3. The summed E-state index contributed by atoms with van der Waals surface area (Å²) in [5, 5.41) is 3.44. The molecule has 1 saturated carbocycles. The highest BCUT2D eigenvalue weighted by Gasteiger charge is 2.35. The highest BCUT2D eigenvalue weighted by Crippen LogP contribution is 2.39. The number of nitrogens with one attached hydrogen (secondary N) is 1. The van der Waals surface area contributed by atoms with Gasteiger partial charge in [0.2, 0.25) is 0 Å². The molecule has 114 valence electrons. The summed E-state index contributed by atoms with van der Waals surface area (Å²) in [6.45, 7) is 13.0. The smallest absolute Gasteiger partial charge is 0.0593 e. The molecular weight excluding hydrogens is 236 g/mol. The minimum atomic E-state index is 0.481. The van der Waals surface area contributed by atoms with Crippen LogP contribution in [0.2, 0.25) is 0 Å². The number of rotatable bonds is 9. The zero-order valence-electron chi connectivity index (χ0n) is 13.5. The Morgan fingerprint density at radius 2 is 2.16 bits per heavy atom. The Morgan fingerprint density at radius 3 is 2.74 bits per heavy atom. The maximum Gasteiger partial charge on any atom is 0.0593 e. The molecule has 0 bridgehead atoms. The van der Waals surface area contributed by atoms with Crippen LogP contribution in [0.25, 0.3) is 0 Å². The minimum Gasteiger partial charge on any atom is -0.380 e. The molecule has 0 spiro atoms. The molecule has 3 heteroatoms. The normalized spacial score (nSPS) is 27.9. The second kappa shape index (κ2) is 8.93. The first-order chi connectivity index (χ1) is 9.15. The monoisotopic (exact) mass is 270 g/mol. The summed E-state index contributed by atoms with van der Waals surface area (Å²) < 4.78 is 5.51. The molecule has 2 unspecified atom stereocenters. The van der Waals surface area contributed by atoms with Crippen molar-refractivity contribution in [3.63, 3.8) is 0 Å². The van der Waals surface area contributed by atoms with E-state index in [4.69, 9.17) is 4.74 Å². The molecule has 3 nitrogen and oxygen atoms in total. The lowest BCUT2D eigenvalue weighted by atomic mass is 9.69. The predicted octanol–water partition coefficient (Wildman–Crippen LogP) is 2.76. The van der Waals surface area contributed by atoms with Gasteiger partial charge >= 0.3 is 0 Å². The van der Waals surface area contributed by atoms with Crippen LogP contribution in [-0.4, -0.2) is 51.3 Å². The first-order valence-electron chi connectivity index (χ1n) is 8.10. The van der Waals surface area contributed by atoms with Crippen molar-refractivity contribution in [2.45, 2.75) is 46.5 Å². The van der Waals surface area contributed by atoms with Crippen LogP contribution in [0.4, 0.5) is 0 Å². The SMILES string of the molecule is CCOCCN(CC)CC1(CNC)CCCC(C)C1. The molecule has 1 fully saturated rings. The Kier molecular flexibility index (Phi) is 7.96. The van der Waals surface area contributed by atoms with Crippen LogP contribution in [-0.2, 0) is 4.74 Å². The molecule has 0 aromatic heterocycles. The summed E-state index contributed by atoms with van der Waals surface area (Å²) in [5.74, 6) is 0.882. The van der Waals surface area contributed by atoms with Gasteiger partial charge in [-0.1, -0.05) is 26.7 Å². The molecular formula is C16H34N2O. The lowest BCUT2D eigenvalue weighted by molar-refractivity contribution is 0.0594. The molecule has 1 aliphatic carbocycles. The van der Waals surface area contributed by atoms with Gasteiger partial charge in [-0.05, 0) is 44.7 Å². The highest BCUT2D eigenvalue weighted by molar-refractivity contribution is 4.89. The lowest BCUT2D eigenvalue weighted by Gasteiger charge is -2.43. The second-order valence-corrected chi connectivity index (χ2v) is 6.30. The summed E-state index contributed by atoms with van der Waals surface area (Å²) in [4.78, 5) is 2.57. The molecule has 1 N–H and O–H groups in total. The molecule has 1 aliphatic rings. The van der Waals surface area contributed by atoms with E-state index in [2.05, 4.69) is 38.0 Å². The molecule has 0 aromatic carbocycles. The van der Waals surface area contributed by atoms with Crippen molar-refractivity contribution in [2.24, 2.45) is 11.3 Å². The maximum absolute atomic E-state index is 5.51. The molecule has 0 heterocycles. The Morgan fingerprint density at radius 1 is 1.37 bits per heavy atom. The van der Waals surface area contributed by atoms with Crippen LogP contribution in [0, 0.1) is 11.3 Å². The minimum absolute atomic E-state index is 0.481. The fourth-order valence-electron chi connectivity index (χ4n) is 3.67. The Labute approximate surface area is 120 Å². The zero-order chi connectivity index (χ0) is 14.1. The van der Waals surface area contributed by atoms with Crippen molar-refractivity contribution in [1.82, 2.24) is 10.2 Å². The topological polar surface area (TPSA) is 24.5 Å². The molecule has 2 atom stereocenters. The average molecular weight is 270 g/mol. The van der Waals surface area contributed by atoms with Crippen molar-refractivity contribution in [3.05, 3.63) is 0 Å². The predicted molar refractivity (Wildman–Crippen MR) is 82.6 cm³/mol. The fraction of sp³-hybridized carbons (Fsp3) is 1.00. The van der Waals surface area contributed by atoms with Crippen LogP contribution >= 0.6 is 0 Å². The maximum atomic E-state index is 5.51. The van der Waals surface area contributed by atoms with Gasteiger partial charge in [0, 0.05) is 26.2 Å². The van der Waals surface area contributed by atoms with Crippen LogP contribution in [0.5, 0.6) is 0 Å². The lowest BCUT2D eigenvalue weighted by Crippen LogP contribution is -2.46. The summed E-state index contributed by atoms with van der Waals surface area (Å²) in [6.07, 6.45) is 5.56. The van der Waals surface area contributed by atoms with E-state index in [1.54, 1.807) is 0 Å². The molecule has 0 amide bonds. The van der Waals surface area contributed by atoms with Crippen LogP contribution in [0.3, 0.4) is 0 Å². The van der Waals surface area contributed by atoms with E-state index in [-0.39, 0.29) is 0 Å². The van der Waals surface area contributed by atoms with Gasteiger partial charge in [0.05, 0.1) is 6.61 Å². The number of likely N-dealkylation sites (N-methyl/N-ethyl adjacent to an activating group) is 1. The van der Waals surface area contributed by atoms with Crippen LogP contribution in [0.15, 0.2) is 0 Å². The highest BCUT2D eigenvalue weighted by atomic mass is 16.5. The first-order valence-corrected chi connectivity index (χ1v) is 8.10. The van der Waals surface area contributed by atoms with E-state index in [1.807, 2.05) is 0 Å². The van der Waals surface area contributed by atoms with Gasteiger partial charge in [0.15, 0.2) is 0 Å². The zero-order valence-corrected chi connectivity index (χ0v) is 13.5. The van der Waals surface area contributed by atoms with E-state index >= 15 is 0 Å². The van der Waals surface area contributed by atoms with Crippen LogP contribution in [0.1, 0.15) is 46.5 Å². The largest absolute Gasteiger partial charge is 0.380 e. The third kappa shape index (κ3) is 5.80. The quantitative estimate of drug-likeness (QED) is 0.652. The average Bonchev–Trinajstić information content (AvgIpc) is 2.38. The van der Waals surface area contributed by atoms with Crippen molar-refractivity contribution in [2.75, 3.05) is 46.4 Å². The molecule has 19 heavy (non-hydrogen) atoms. The molecule has 0 radical (unpaired) electrons. The summed E-state index contributed by atoms with van der Waals surface area (Å²) >= 11 is 0. The number of nitrogens with zero attached hydrogens (tertiary/aromatic N) is 1. The molecule has 1 rings (SSSR count). The fourth-order valence-corrected chi connectivity index (χ4v) is 3.67. The van der Waals surface area contributed by atoms with Gasteiger partial charge in [-0.2, -0.15) is 0 Å². The summed E-state index contributed by atoms with van der Waals surface area (Å²) in [7, 11) is 2.09. The van der Waals surface area contributed by atoms with Gasteiger partial charge in [-0.25, -0.2) is 0 Å². The Hall–Kier alpha value is -0.120. The number of hydrogen-bond donors (Lipinski definition) is 1. The van der Waals surface area contributed by atoms with Crippen molar-refractivity contribution in [1.29, 1.82) is 0 Å². The number of ether oxygens (including phenoxy) is 1. The van der Waals surface area contributed by atoms with E-state index in [0.717, 1.165) is 38.8 Å². The molecule has 0 saturated heterocycles. The third-order valence-electron chi connectivity index (χ3n) is 4.50. The van der Waals surface area contributed by atoms with E-state index in [1.165, 1.54) is 32.2 Å². The van der Waals surface area contributed by atoms with Crippen molar-refractivity contribution in [3.8, 4) is 0 Å². The van der Waals surface area contributed by atoms with Crippen molar-refractivity contribution >= 4 is 0 Å². The Balaban J connectivity index is 2.54. The van der Waals surface area contributed by atoms with Gasteiger partial charge in [0.25, 0.3) is 0 Å². The van der Waals surface area contributed by atoms with Gasteiger partial charge in [0.1, 0.15) is 0 Å². The third-order valence-corrected chi connectivity index (χ3v) is 4.50.